The van der Waals surface area contributed by atoms with Gasteiger partial charge in [-0.05, 0) is 19.2 Å². The van der Waals surface area contributed by atoms with E-state index in [0.29, 0.717) is 29.8 Å². The highest BCUT2D eigenvalue weighted by Crippen LogP contribution is 2.23. The number of oxazole rings is 1. The zero-order valence-electron chi connectivity index (χ0n) is 10.1. The molecule has 0 amide bonds. The number of hydrogen-bond acceptors (Lipinski definition) is 4. The topological polar surface area (TPSA) is 49.5 Å². The zero-order chi connectivity index (χ0) is 13.0. The monoisotopic (exact) mass is 266 g/mol. The van der Waals surface area contributed by atoms with Crippen molar-refractivity contribution < 1.29 is 9.52 Å². The highest BCUT2D eigenvalue weighted by atomic mass is 35.5. The first-order valence-corrected chi connectivity index (χ1v) is 6.07. The fourth-order valence-corrected chi connectivity index (χ4v) is 1.83. The van der Waals surface area contributed by atoms with Crippen LogP contribution in [0.5, 0.6) is 0 Å². The van der Waals surface area contributed by atoms with Crippen molar-refractivity contribution in [3.05, 3.63) is 41.4 Å². The molecule has 96 valence electrons. The smallest absolute Gasteiger partial charge is 0.209 e. The second kappa shape index (κ2) is 6.00. The van der Waals surface area contributed by atoms with Crippen LogP contribution in [-0.4, -0.2) is 35.2 Å². The number of benzene rings is 1. The molecule has 2 aromatic rings. The molecular weight excluding hydrogens is 252 g/mol. The van der Waals surface area contributed by atoms with Gasteiger partial charge in [0.2, 0.25) is 5.89 Å². The quantitative estimate of drug-likeness (QED) is 0.903. The fraction of sp³-hybridized carbons (Fsp3) is 0.308. The molecule has 0 saturated carbocycles. The molecule has 0 fully saturated rings. The molecule has 0 aliphatic heterocycles. The average molecular weight is 267 g/mol. The first kappa shape index (κ1) is 13.1. The maximum atomic E-state index is 8.82. The number of aliphatic hydroxyl groups is 1. The second-order valence-electron chi connectivity index (χ2n) is 4.09. The van der Waals surface area contributed by atoms with Crippen LogP contribution in [0.15, 0.2) is 34.9 Å². The normalized spacial score (nSPS) is 11.1. The van der Waals surface area contributed by atoms with Crippen LogP contribution in [0.3, 0.4) is 0 Å². The number of nitrogens with zero attached hydrogens (tertiary/aromatic N) is 2. The largest absolute Gasteiger partial charge is 0.439 e. The van der Waals surface area contributed by atoms with Gasteiger partial charge in [-0.15, -0.1) is 0 Å². The Labute approximate surface area is 111 Å². The SMILES string of the molecule is CN(CCO)Cc1ncc(-c2cccc(Cl)c2)o1. The predicted octanol–water partition coefficient (Wildman–Crippen LogP) is 2.42. The average Bonchev–Trinajstić information content (AvgIpc) is 2.78. The summed E-state index contributed by atoms with van der Waals surface area (Å²) >= 11 is 5.93. The van der Waals surface area contributed by atoms with Gasteiger partial charge in [-0.25, -0.2) is 4.98 Å². The summed E-state index contributed by atoms with van der Waals surface area (Å²) < 4.78 is 5.65. The number of hydrogen-bond donors (Lipinski definition) is 1. The Morgan fingerprint density at radius 3 is 3.00 bits per heavy atom. The molecular formula is C13H15ClN2O2. The third kappa shape index (κ3) is 3.32. The van der Waals surface area contributed by atoms with Gasteiger partial charge in [0.05, 0.1) is 19.3 Å². The minimum Gasteiger partial charge on any atom is -0.439 e. The Morgan fingerprint density at radius 2 is 2.28 bits per heavy atom. The maximum Gasteiger partial charge on any atom is 0.209 e. The van der Waals surface area contributed by atoms with E-state index >= 15 is 0 Å². The predicted molar refractivity (Wildman–Crippen MR) is 70.4 cm³/mol. The van der Waals surface area contributed by atoms with E-state index in [1.807, 2.05) is 36.2 Å². The molecule has 18 heavy (non-hydrogen) atoms. The lowest BCUT2D eigenvalue weighted by atomic mass is 10.2. The molecule has 1 N–H and O–H groups in total. The Bertz CT molecular complexity index is 513. The Kier molecular flexibility index (Phi) is 4.36. The summed E-state index contributed by atoms with van der Waals surface area (Å²) in [5.41, 5.74) is 0.908. The van der Waals surface area contributed by atoms with Crippen LogP contribution in [0.25, 0.3) is 11.3 Å². The molecule has 1 aromatic heterocycles. The number of halogens is 1. The lowest BCUT2D eigenvalue weighted by Gasteiger charge is -2.11. The lowest BCUT2D eigenvalue weighted by Crippen LogP contribution is -2.21. The highest BCUT2D eigenvalue weighted by Gasteiger charge is 2.08. The van der Waals surface area contributed by atoms with Crippen LogP contribution >= 0.6 is 11.6 Å². The van der Waals surface area contributed by atoms with Crippen molar-refractivity contribution in [1.29, 1.82) is 0 Å². The van der Waals surface area contributed by atoms with E-state index in [1.165, 1.54) is 0 Å². The number of rotatable bonds is 5. The molecule has 1 aromatic carbocycles. The first-order valence-electron chi connectivity index (χ1n) is 5.69. The summed E-state index contributed by atoms with van der Waals surface area (Å²) in [6, 6.07) is 7.45. The standard InChI is InChI=1S/C13H15ClN2O2/c1-16(5-6-17)9-13-15-8-12(18-13)10-3-2-4-11(14)7-10/h2-4,7-8,17H,5-6,9H2,1H3. The number of likely N-dealkylation sites (N-methyl/N-ethyl adjacent to an activating group) is 1. The minimum atomic E-state index is 0.123. The molecule has 0 spiro atoms. The Balaban J connectivity index is 2.10. The third-order valence-electron chi connectivity index (χ3n) is 2.55. The van der Waals surface area contributed by atoms with Gasteiger partial charge in [-0.3, -0.25) is 4.90 Å². The molecule has 0 aliphatic carbocycles. The van der Waals surface area contributed by atoms with Crippen LogP contribution in [-0.2, 0) is 6.54 Å². The molecule has 0 bridgehead atoms. The van der Waals surface area contributed by atoms with Gasteiger partial charge in [0, 0.05) is 17.1 Å². The van der Waals surface area contributed by atoms with Crippen molar-refractivity contribution in [2.24, 2.45) is 0 Å². The van der Waals surface area contributed by atoms with Crippen LogP contribution in [0.2, 0.25) is 5.02 Å². The molecule has 0 aliphatic rings. The van der Waals surface area contributed by atoms with E-state index in [2.05, 4.69) is 4.98 Å². The minimum absolute atomic E-state index is 0.123. The summed E-state index contributed by atoms with van der Waals surface area (Å²) in [6.45, 7) is 1.29. The van der Waals surface area contributed by atoms with Crippen molar-refractivity contribution >= 4 is 11.6 Å². The lowest BCUT2D eigenvalue weighted by molar-refractivity contribution is 0.206. The summed E-state index contributed by atoms with van der Waals surface area (Å²) in [7, 11) is 1.90. The zero-order valence-corrected chi connectivity index (χ0v) is 10.9. The fourth-order valence-electron chi connectivity index (χ4n) is 1.64. The summed E-state index contributed by atoms with van der Waals surface area (Å²) in [5.74, 6) is 1.32. The van der Waals surface area contributed by atoms with Crippen LogP contribution in [0, 0.1) is 0 Å². The number of aromatic nitrogens is 1. The van der Waals surface area contributed by atoms with Crippen molar-refractivity contribution in [3.8, 4) is 11.3 Å². The van der Waals surface area contributed by atoms with Gasteiger partial charge in [-0.1, -0.05) is 23.7 Å². The van der Waals surface area contributed by atoms with Crippen LogP contribution < -0.4 is 0 Å². The van der Waals surface area contributed by atoms with Gasteiger partial charge in [0.25, 0.3) is 0 Å². The van der Waals surface area contributed by atoms with Crippen molar-refractivity contribution in [2.45, 2.75) is 6.54 Å². The first-order chi connectivity index (χ1) is 8.69. The molecule has 1 heterocycles. The van der Waals surface area contributed by atoms with E-state index in [-0.39, 0.29) is 6.61 Å². The van der Waals surface area contributed by atoms with Crippen molar-refractivity contribution in [1.82, 2.24) is 9.88 Å². The molecule has 0 unspecified atom stereocenters. The molecule has 2 rings (SSSR count). The van der Waals surface area contributed by atoms with E-state index < -0.39 is 0 Å². The van der Waals surface area contributed by atoms with Gasteiger partial charge >= 0.3 is 0 Å². The van der Waals surface area contributed by atoms with Crippen molar-refractivity contribution in [2.75, 3.05) is 20.2 Å². The van der Waals surface area contributed by atoms with Crippen molar-refractivity contribution in [3.63, 3.8) is 0 Å². The molecule has 4 nitrogen and oxygen atoms in total. The summed E-state index contributed by atoms with van der Waals surface area (Å²) in [6.07, 6.45) is 1.69. The van der Waals surface area contributed by atoms with E-state index in [0.717, 1.165) is 5.56 Å². The Hall–Kier alpha value is -1.36. The van der Waals surface area contributed by atoms with Gasteiger partial charge in [-0.2, -0.15) is 0 Å². The van der Waals surface area contributed by atoms with Gasteiger partial charge < -0.3 is 9.52 Å². The number of aliphatic hydroxyl groups excluding tert-OH is 1. The third-order valence-corrected chi connectivity index (χ3v) is 2.78. The van der Waals surface area contributed by atoms with Crippen LogP contribution in [0.1, 0.15) is 5.89 Å². The van der Waals surface area contributed by atoms with Gasteiger partial charge in [0.15, 0.2) is 5.76 Å². The van der Waals surface area contributed by atoms with E-state index in [1.54, 1.807) is 6.20 Å². The Morgan fingerprint density at radius 1 is 1.44 bits per heavy atom. The van der Waals surface area contributed by atoms with Crippen LogP contribution in [0.4, 0.5) is 0 Å². The molecule has 0 radical (unpaired) electrons. The summed E-state index contributed by atoms with van der Waals surface area (Å²) in [4.78, 5) is 6.15. The highest BCUT2D eigenvalue weighted by molar-refractivity contribution is 6.30. The molecule has 0 saturated heterocycles. The van der Waals surface area contributed by atoms with Gasteiger partial charge in [0.1, 0.15) is 0 Å². The van der Waals surface area contributed by atoms with E-state index in [9.17, 15) is 0 Å². The maximum absolute atomic E-state index is 8.82. The second-order valence-corrected chi connectivity index (χ2v) is 4.53. The summed E-state index contributed by atoms with van der Waals surface area (Å²) in [5, 5.41) is 9.49. The molecule has 0 atom stereocenters. The van der Waals surface area contributed by atoms with E-state index in [4.69, 9.17) is 21.1 Å². The molecule has 5 heteroatoms.